The van der Waals surface area contributed by atoms with Crippen LogP contribution in [0.25, 0.3) is 0 Å². The quantitative estimate of drug-likeness (QED) is 0.742. The average molecular weight is 288 g/mol. The number of carbonyl (C=O) groups is 1. The van der Waals surface area contributed by atoms with Gasteiger partial charge in [0.15, 0.2) is 0 Å². The largest absolute Gasteiger partial charge is 0.497 e. The number of carboxylic acid groups (broad SMARTS) is 1. The second-order valence-electron chi connectivity index (χ2n) is 4.40. The predicted molar refractivity (Wildman–Crippen MR) is 77.5 cm³/mol. The zero-order valence-corrected chi connectivity index (χ0v) is 11.5. The Morgan fingerprint density at radius 2 is 2.14 bits per heavy atom. The van der Waals surface area contributed by atoms with Crippen molar-refractivity contribution >= 4 is 17.6 Å². The minimum absolute atomic E-state index is 0.161. The van der Waals surface area contributed by atoms with Crippen molar-refractivity contribution in [2.24, 2.45) is 5.73 Å². The Kier molecular flexibility index (Phi) is 4.68. The number of nitrogens with two attached hydrogens (primary N) is 1. The van der Waals surface area contributed by atoms with Gasteiger partial charge in [-0.25, -0.2) is 9.97 Å². The molecule has 7 nitrogen and oxygen atoms in total. The first-order chi connectivity index (χ1) is 10.1. The SMILES string of the molecule is COc1cccc(Nc2ncc([C@@H](N)CC(=O)O)cn2)c1. The van der Waals surface area contributed by atoms with E-state index in [1.807, 2.05) is 24.3 Å². The molecule has 0 bridgehead atoms. The van der Waals surface area contributed by atoms with Crippen LogP contribution in [0, 0.1) is 0 Å². The van der Waals surface area contributed by atoms with Gasteiger partial charge >= 0.3 is 5.97 Å². The van der Waals surface area contributed by atoms with Crippen molar-refractivity contribution in [3.05, 3.63) is 42.2 Å². The lowest BCUT2D eigenvalue weighted by molar-refractivity contribution is -0.137. The number of hydrogen-bond acceptors (Lipinski definition) is 6. The van der Waals surface area contributed by atoms with Crippen LogP contribution in [0.2, 0.25) is 0 Å². The molecular formula is C14H16N4O3. The van der Waals surface area contributed by atoms with E-state index in [9.17, 15) is 4.79 Å². The molecular weight excluding hydrogens is 272 g/mol. The first-order valence-corrected chi connectivity index (χ1v) is 6.29. The molecule has 2 rings (SSSR count). The molecule has 0 spiro atoms. The monoisotopic (exact) mass is 288 g/mol. The molecule has 0 amide bonds. The summed E-state index contributed by atoms with van der Waals surface area (Å²) in [5, 5.41) is 11.7. The Hall–Kier alpha value is -2.67. The smallest absolute Gasteiger partial charge is 0.305 e. The van der Waals surface area contributed by atoms with Crippen LogP contribution in [0.5, 0.6) is 5.75 Å². The molecule has 1 aromatic carbocycles. The normalized spacial score (nSPS) is 11.7. The third-order valence-electron chi connectivity index (χ3n) is 2.82. The topological polar surface area (TPSA) is 110 Å². The number of rotatable bonds is 6. The van der Waals surface area contributed by atoms with Crippen molar-refractivity contribution in [3.63, 3.8) is 0 Å². The first-order valence-electron chi connectivity index (χ1n) is 6.29. The Morgan fingerprint density at radius 1 is 1.43 bits per heavy atom. The first kappa shape index (κ1) is 14.7. The van der Waals surface area contributed by atoms with Gasteiger partial charge in [-0.1, -0.05) is 6.07 Å². The van der Waals surface area contributed by atoms with Crippen LogP contribution in [0.3, 0.4) is 0 Å². The highest BCUT2D eigenvalue weighted by Crippen LogP contribution is 2.20. The van der Waals surface area contributed by atoms with E-state index in [-0.39, 0.29) is 6.42 Å². The van der Waals surface area contributed by atoms with Crippen LogP contribution >= 0.6 is 0 Å². The molecule has 110 valence electrons. The summed E-state index contributed by atoms with van der Waals surface area (Å²) in [4.78, 5) is 18.9. The molecule has 1 aromatic heterocycles. The van der Waals surface area contributed by atoms with Gasteiger partial charge in [-0.2, -0.15) is 0 Å². The summed E-state index contributed by atoms with van der Waals surface area (Å²) >= 11 is 0. The fraction of sp³-hybridized carbons (Fsp3) is 0.214. The summed E-state index contributed by atoms with van der Waals surface area (Å²) in [5.41, 5.74) is 7.10. The van der Waals surface area contributed by atoms with E-state index in [0.29, 0.717) is 11.5 Å². The maximum atomic E-state index is 10.6. The number of aliphatic carboxylic acids is 1. The summed E-state index contributed by atoms with van der Waals surface area (Å²) in [6, 6.07) is 6.73. The third kappa shape index (κ3) is 4.15. The van der Waals surface area contributed by atoms with E-state index in [0.717, 1.165) is 11.4 Å². The standard InChI is InChI=1S/C14H16N4O3/c1-21-11-4-2-3-10(5-11)18-14-16-7-9(8-17-14)12(15)6-13(19)20/h2-5,7-8,12H,6,15H2,1H3,(H,19,20)(H,16,17,18)/t12-/m0/s1. The van der Waals surface area contributed by atoms with Crippen molar-refractivity contribution in [1.82, 2.24) is 9.97 Å². The Bertz CT molecular complexity index is 616. The number of ether oxygens (including phenoxy) is 1. The van der Waals surface area contributed by atoms with Gasteiger partial charge in [0, 0.05) is 35.8 Å². The zero-order chi connectivity index (χ0) is 15.2. The van der Waals surface area contributed by atoms with Crippen molar-refractivity contribution in [2.45, 2.75) is 12.5 Å². The lowest BCUT2D eigenvalue weighted by atomic mass is 10.1. The van der Waals surface area contributed by atoms with E-state index in [2.05, 4.69) is 15.3 Å². The van der Waals surface area contributed by atoms with Gasteiger partial charge in [-0.3, -0.25) is 4.79 Å². The highest BCUT2D eigenvalue weighted by molar-refractivity contribution is 5.67. The molecule has 21 heavy (non-hydrogen) atoms. The highest BCUT2D eigenvalue weighted by Gasteiger charge is 2.11. The van der Waals surface area contributed by atoms with Gasteiger partial charge < -0.3 is 20.9 Å². The van der Waals surface area contributed by atoms with E-state index in [1.165, 1.54) is 12.4 Å². The molecule has 0 fully saturated rings. The van der Waals surface area contributed by atoms with Gasteiger partial charge in [0.2, 0.25) is 5.95 Å². The Morgan fingerprint density at radius 3 is 2.76 bits per heavy atom. The summed E-state index contributed by atoms with van der Waals surface area (Å²) in [5.74, 6) is 0.163. The number of methoxy groups -OCH3 is 1. The number of nitrogens with one attached hydrogen (secondary N) is 1. The molecule has 0 saturated carbocycles. The van der Waals surface area contributed by atoms with Gasteiger partial charge in [-0.15, -0.1) is 0 Å². The molecule has 0 aliphatic carbocycles. The Balaban J connectivity index is 2.06. The molecule has 7 heteroatoms. The molecule has 1 atom stereocenters. The van der Waals surface area contributed by atoms with Crippen LogP contribution in [0.1, 0.15) is 18.0 Å². The van der Waals surface area contributed by atoms with Crippen molar-refractivity contribution < 1.29 is 14.6 Å². The van der Waals surface area contributed by atoms with Gasteiger partial charge in [0.25, 0.3) is 0 Å². The number of aromatic nitrogens is 2. The molecule has 2 aromatic rings. The maximum absolute atomic E-state index is 10.6. The lowest BCUT2D eigenvalue weighted by Crippen LogP contribution is -2.15. The van der Waals surface area contributed by atoms with Crippen molar-refractivity contribution in [3.8, 4) is 5.75 Å². The van der Waals surface area contributed by atoms with Crippen LogP contribution in [-0.2, 0) is 4.79 Å². The highest BCUT2D eigenvalue weighted by atomic mass is 16.5. The number of benzene rings is 1. The predicted octanol–water partition coefficient (Wildman–Crippen LogP) is 1.70. The molecule has 1 heterocycles. The molecule has 0 radical (unpaired) electrons. The van der Waals surface area contributed by atoms with Crippen molar-refractivity contribution in [2.75, 3.05) is 12.4 Å². The molecule has 0 saturated heterocycles. The second-order valence-corrected chi connectivity index (χ2v) is 4.40. The fourth-order valence-electron chi connectivity index (χ4n) is 1.73. The summed E-state index contributed by atoms with van der Waals surface area (Å²) in [6.45, 7) is 0. The van der Waals surface area contributed by atoms with E-state index in [4.69, 9.17) is 15.6 Å². The minimum Gasteiger partial charge on any atom is -0.497 e. The van der Waals surface area contributed by atoms with E-state index < -0.39 is 12.0 Å². The summed E-state index contributed by atoms with van der Waals surface area (Å²) in [6.07, 6.45) is 2.87. The van der Waals surface area contributed by atoms with E-state index >= 15 is 0 Å². The number of anilines is 2. The minimum atomic E-state index is -0.957. The van der Waals surface area contributed by atoms with Crippen LogP contribution in [-0.4, -0.2) is 28.2 Å². The average Bonchev–Trinajstić information content (AvgIpc) is 2.47. The fourth-order valence-corrected chi connectivity index (χ4v) is 1.73. The molecule has 0 aliphatic heterocycles. The number of hydrogen-bond donors (Lipinski definition) is 3. The van der Waals surface area contributed by atoms with Gasteiger partial charge in [-0.05, 0) is 12.1 Å². The molecule has 0 unspecified atom stereocenters. The van der Waals surface area contributed by atoms with Crippen molar-refractivity contribution in [1.29, 1.82) is 0 Å². The number of nitrogens with zero attached hydrogens (tertiary/aromatic N) is 2. The maximum Gasteiger partial charge on any atom is 0.305 e. The van der Waals surface area contributed by atoms with Crippen LogP contribution in [0.15, 0.2) is 36.7 Å². The molecule has 4 N–H and O–H groups in total. The lowest BCUT2D eigenvalue weighted by Gasteiger charge is -2.10. The number of carboxylic acids is 1. The third-order valence-corrected chi connectivity index (χ3v) is 2.82. The van der Waals surface area contributed by atoms with Crippen LogP contribution in [0.4, 0.5) is 11.6 Å². The molecule has 0 aliphatic rings. The zero-order valence-electron chi connectivity index (χ0n) is 11.5. The second kappa shape index (κ2) is 6.67. The summed E-state index contributed by atoms with van der Waals surface area (Å²) in [7, 11) is 1.59. The van der Waals surface area contributed by atoms with E-state index in [1.54, 1.807) is 7.11 Å². The summed E-state index contributed by atoms with van der Waals surface area (Å²) < 4.78 is 5.13. The van der Waals surface area contributed by atoms with Gasteiger partial charge in [0.05, 0.1) is 13.5 Å². The van der Waals surface area contributed by atoms with Crippen LogP contribution < -0.4 is 15.8 Å². The Labute approximate surface area is 121 Å². The van der Waals surface area contributed by atoms with Gasteiger partial charge in [0.1, 0.15) is 5.75 Å².